The van der Waals surface area contributed by atoms with Crippen LogP contribution in [0.1, 0.15) is 27.5 Å². The van der Waals surface area contributed by atoms with Crippen molar-refractivity contribution < 1.29 is 9.84 Å². The molecule has 28 heavy (non-hydrogen) atoms. The van der Waals surface area contributed by atoms with Crippen LogP contribution in [0.2, 0.25) is 0 Å². The van der Waals surface area contributed by atoms with Crippen molar-refractivity contribution in [1.29, 1.82) is 0 Å². The number of H-pyrrole nitrogens is 1. The van der Waals surface area contributed by atoms with Crippen LogP contribution in [0.25, 0.3) is 11.2 Å². The smallest absolute Gasteiger partial charge is 0.307 e. The molecule has 0 aliphatic rings. The number of nitrogens with one attached hydrogen (secondary N) is 1. The number of aromatic hydroxyl groups is 1. The van der Waals surface area contributed by atoms with Crippen LogP contribution >= 0.6 is 11.3 Å². The maximum atomic E-state index is 11.3. The summed E-state index contributed by atoms with van der Waals surface area (Å²) in [4.78, 5) is 23.3. The lowest BCUT2D eigenvalue weighted by atomic mass is 10.1. The van der Waals surface area contributed by atoms with E-state index in [4.69, 9.17) is 4.74 Å². The number of benzene rings is 1. The van der Waals surface area contributed by atoms with Gasteiger partial charge in [-0.15, -0.1) is 0 Å². The van der Waals surface area contributed by atoms with Gasteiger partial charge in [0.25, 0.3) is 0 Å². The summed E-state index contributed by atoms with van der Waals surface area (Å²) in [6.45, 7) is 4.35. The highest BCUT2D eigenvalue weighted by molar-refractivity contribution is 7.09. The second-order valence-corrected chi connectivity index (χ2v) is 7.80. The van der Waals surface area contributed by atoms with Gasteiger partial charge in [-0.3, -0.25) is 9.78 Å². The lowest BCUT2D eigenvalue weighted by Gasteiger charge is -2.07. The first-order chi connectivity index (χ1) is 13.4. The third-order valence-corrected chi connectivity index (χ3v) is 5.47. The van der Waals surface area contributed by atoms with Crippen molar-refractivity contribution in [2.45, 2.75) is 26.9 Å². The second kappa shape index (κ2) is 7.12. The molecule has 0 saturated heterocycles. The van der Waals surface area contributed by atoms with E-state index in [1.165, 1.54) is 0 Å². The summed E-state index contributed by atoms with van der Waals surface area (Å²) in [5.41, 5.74) is 4.80. The Kier molecular flexibility index (Phi) is 4.64. The summed E-state index contributed by atoms with van der Waals surface area (Å²) < 4.78 is 7.85. The number of rotatable bonds is 5. The van der Waals surface area contributed by atoms with E-state index in [2.05, 4.69) is 15.0 Å². The number of pyridine rings is 1. The molecule has 7 nitrogen and oxygen atoms in total. The van der Waals surface area contributed by atoms with Gasteiger partial charge in [-0.25, -0.2) is 9.97 Å². The first kappa shape index (κ1) is 18.2. The van der Waals surface area contributed by atoms with Gasteiger partial charge in [-0.2, -0.15) is 0 Å². The largest absolute Gasteiger partial charge is 0.494 e. The summed E-state index contributed by atoms with van der Waals surface area (Å²) in [5.74, 6) is 1.47. The molecule has 2 N–H and O–H groups in total. The van der Waals surface area contributed by atoms with Crippen LogP contribution in [0.4, 0.5) is 0 Å². The van der Waals surface area contributed by atoms with Crippen LogP contribution in [0.3, 0.4) is 0 Å². The van der Waals surface area contributed by atoms with Gasteiger partial charge in [-0.1, -0.05) is 23.5 Å². The third-order valence-electron chi connectivity index (χ3n) is 4.60. The standard InChI is InChI=1S/C20H20N4O3S/c1-11-8-12(2)21-18-17(11)22-16(24(18)3)10-27-14-6-4-13(5-7-14)9-15-19(25)23-20(26)28-15/h4-8,25H,9-10H2,1-3H3,(H,23,26). The van der Waals surface area contributed by atoms with Crippen LogP contribution in [0.15, 0.2) is 35.1 Å². The number of aromatic nitrogens is 4. The Balaban J connectivity index is 1.47. The molecule has 0 aliphatic heterocycles. The summed E-state index contributed by atoms with van der Waals surface area (Å²) >= 11 is 1.02. The molecule has 3 aromatic heterocycles. The Morgan fingerprint density at radius 2 is 1.96 bits per heavy atom. The molecule has 1 aromatic carbocycles. The van der Waals surface area contributed by atoms with Crippen molar-refractivity contribution >= 4 is 22.5 Å². The average molecular weight is 396 g/mol. The Bertz CT molecular complexity index is 1200. The molecule has 0 bridgehead atoms. The van der Waals surface area contributed by atoms with Crippen molar-refractivity contribution in [3.63, 3.8) is 0 Å². The van der Waals surface area contributed by atoms with Crippen molar-refractivity contribution in [3.05, 3.63) is 67.5 Å². The van der Waals surface area contributed by atoms with Gasteiger partial charge in [0.2, 0.25) is 5.88 Å². The average Bonchev–Trinajstić information content (AvgIpc) is 3.14. The summed E-state index contributed by atoms with van der Waals surface area (Å²) in [6, 6.07) is 9.61. The number of aryl methyl sites for hydroxylation is 3. The van der Waals surface area contributed by atoms with Crippen molar-refractivity contribution in [3.8, 4) is 11.6 Å². The number of fused-ring (bicyclic) bond motifs is 1. The molecule has 4 rings (SSSR count). The van der Waals surface area contributed by atoms with Crippen LogP contribution in [0, 0.1) is 13.8 Å². The van der Waals surface area contributed by atoms with E-state index in [9.17, 15) is 9.90 Å². The Labute approximate surface area is 165 Å². The molecule has 0 saturated carbocycles. The van der Waals surface area contributed by atoms with Crippen LogP contribution in [0.5, 0.6) is 11.6 Å². The zero-order valence-corrected chi connectivity index (χ0v) is 16.6. The molecule has 0 unspecified atom stereocenters. The molecule has 4 aromatic rings. The summed E-state index contributed by atoms with van der Waals surface area (Å²) in [5, 5.41) is 9.70. The Hall–Kier alpha value is -3.13. The van der Waals surface area contributed by atoms with Crippen LogP contribution in [-0.4, -0.2) is 24.6 Å². The SMILES string of the molecule is Cc1cc(C)c2nc(COc3ccc(Cc4sc(=O)[nH]c4O)cc3)n(C)c2n1. The number of aromatic amines is 1. The fraction of sp³-hybridized carbons (Fsp3) is 0.250. The van der Waals surface area contributed by atoms with Crippen molar-refractivity contribution in [1.82, 2.24) is 19.5 Å². The molecule has 0 amide bonds. The van der Waals surface area contributed by atoms with Crippen molar-refractivity contribution in [2.24, 2.45) is 7.05 Å². The van der Waals surface area contributed by atoms with E-state index in [0.717, 1.165) is 50.9 Å². The predicted octanol–water partition coefficient (Wildman–Crippen LogP) is 3.21. The van der Waals surface area contributed by atoms with Crippen LogP contribution < -0.4 is 9.61 Å². The lowest BCUT2D eigenvalue weighted by molar-refractivity contribution is 0.292. The Morgan fingerprint density at radius 3 is 2.64 bits per heavy atom. The zero-order valence-electron chi connectivity index (χ0n) is 15.8. The number of ether oxygens (including phenoxy) is 1. The lowest BCUT2D eigenvalue weighted by Crippen LogP contribution is -2.04. The van der Waals surface area contributed by atoms with Gasteiger partial charge in [0.15, 0.2) is 5.65 Å². The van der Waals surface area contributed by atoms with Gasteiger partial charge >= 0.3 is 4.87 Å². The maximum absolute atomic E-state index is 11.3. The molecular formula is C20H20N4O3S. The van der Waals surface area contributed by atoms with Crippen LogP contribution in [-0.2, 0) is 20.1 Å². The van der Waals surface area contributed by atoms with E-state index in [-0.39, 0.29) is 10.8 Å². The number of hydrogen-bond acceptors (Lipinski definition) is 6. The topological polar surface area (TPSA) is 93.0 Å². The molecule has 3 heterocycles. The maximum Gasteiger partial charge on any atom is 0.307 e. The normalized spacial score (nSPS) is 11.2. The van der Waals surface area contributed by atoms with E-state index >= 15 is 0 Å². The molecule has 0 radical (unpaired) electrons. The highest BCUT2D eigenvalue weighted by Gasteiger charge is 2.12. The molecule has 0 fully saturated rings. The second-order valence-electron chi connectivity index (χ2n) is 6.74. The van der Waals surface area contributed by atoms with Gasteiger partial charge in [-0.05, 0) is 43.2 Å². The van der Waals surface area contributed by atoms with Gasteiger partial charge in [0.05, 0.1) is 4.88 Å². The van der Waals surface area contributed by atoms with Gasteiger partial charge in [0, 0.05) is 19.2 Å². The highest BCUT2D eigenvalue weighted by Crippen LogP contribution is 2.23. The first-order valence-corrected chi connectivity index (χ1v) is 9.64. The number of imidazole rings is 1. The van der Waals surface area contributed by atoms with E-state index in [1.54, 1.807) is 0 Å². The zero-order chi connectivity index (χ0) is 19.8. The molecule has 0 spiro atoms. The number of nitrogens with zero attached hydrogens (tertiary/aromatic N) is 3. The molecule has 0 atom stereocenters. The van der Waals surface area contributed by atoms with Crippen molar-refractivity contribution in [2.75, 3.05) is 0 Å². The van der Waals surface area contributed by atoms with E-state index in [1.807, 2.05) is 55.8 Å². The van der Waals surface area contributed by atoms with E-state index in [0.29, 0.717) is 17.9 Å². The van der Waals surface area contributed by atoms with Gasteiger partial charge in [0.1, 0.15) is 23.7 Å². The summed E-state index contributed by atoms with van der Waals surface area (Å²) in [7, 11) is 1.94. The molecule has 8 heteroatoms. The molecule has 0 aliphatic carbocycles. The fourth-order valence-corrected chi connectivity index (χ4v) is 3.90. The fourth-order valence-electron chi connectivity index (χ4n) is 3.15. The van der Waals surface area contributed by atoms with E-state index < -0.39 is 0 Å². The third kappa shape index (κ3) is 3.50. The molecule has 144 valence electrons. The minimum Gasteiger partial charge on any atom is -0.494 e. The minimum absolute atomic E-state index is 0.0590. The highest BCUT2D eigenvalue weighted by atomic mass is 32.1. The number of hydrogen-bond donors (Lipinski definition) is 2. The predicted molar refractivity (Wildman–Crippen MR) is 108 cm³/mol. The quantitative estimate of drug-likeness (QED) is 0.540. The monoisotopic (exact) mass is 396 g/mol. The minimum atomic E-state index is -0.255. The molecular weight excluding hydrogens is 376 g/mol. The first-order valence-electron chi connectivity index (χ1n) is 8.83. The Morgan fingerprint density at radius 1 is 1.21 bits per heavy atom. The summed E-state index contributed by atoms with van der Waals surface area (Å²) in [6.07, 6.45) is 0.491. The number of thiazole rings is 1. The van der Waals surface area contributed by atoms with Gasteiger partial charge < -0.3 is 14.4 Å².